The topological polar surface area (TPSA) is 49.3 Å². The second-order valence-electron chi connectivity index (χ2n) is 4.02. The van der Waals surface area contributed by atoms with Crippen molar-refractivity contribution in [2.24, 2.45) is 0 Å². The van der Waals surface area contributed by atoms with Gasteiger partial charge in [0.05, 0.1) is 12.1 Å². The number of anilines is 1. The van der Waals surface area contributed by atoms with Crippen molar-refractivity contribution in [1.82, 2.24) is 0 Å². The Hall–Kier alpha value is -1.88. The summed E-state index contributed by atoms with van der Waals surface area (Å²) >= 11 is 3.31. The Labute approximate surface area is 118 Å². The van der Waals surface area contributed by atoms with E-state index in [-0.39, 0.29) is 23.8 Å². The van der Waals surface area contributed by atoms with Crippen LogP contribution in [0.5, 0.6) is 5.75 Å². The third-order valence-electron chi connectivity index (χ3n) is 2.50. The molecule has 2 aromatic rings. The highest BCUT2D eigenvalue weighted by Crippen LogP contribution is 2.19. The van der Waals surface area contributed by atoms with Gasteiger partial charge in [-0.25, -0.2) is 4.39 Å². The molecule has 0 aliphatic carbocycles. The van der Waals surface area contributed by atoms with Crippen molar-refractivity contribution in [3.05, 3.63) is 58.3 Å². The largest absolute Gasteiger partial charge is 0.508 e. The Balaban J connectivity index is 2.03. The van der Waals surface area contributed by atoms with Gasteiger partial charge in [0.2, 0.25) is 5.91 Å². The number of carbonyl (C=O) groups is 1. The summed E-state index contributed by atoms with van der Waals surface area (Å²) in [4.78, 5) is 11.8. The quantitative estimate of drug-likeness (QED) is 0.850. The van der Waals surface area contributed by atoms with Crippen LogP contribution in [0.4, 0.5) is 10.1 Å². The van der Waals surface area contributed by atoms with E-state index >= 15 is 0 Å². The van der Waals surface area contributed by atoms with Crippen molar-refractivity contribution in [2.75, 3.05) is 5.32 Å². The minimum Gasteiger partial charge on any atom is -0.508 e. The molecule has 0 heterocycles. The number of nitrogens with one attached hydrogen (secondary N) is 1. The number of benzene rings is 2. The highest BCUT2D eigenvalue weighted by molar-refractivity contribution is 9.10. The third kappa shape index (κ3) is 3.79. The zero-order valence-corrected chi connectivity index (χ0v) is 11.4. The fraction of sp³-hybridized carbons (Fsp3) is 0.0714. The van der Waals surface area contributed by atoms with Crippen LogP contribution in [-0.4, -0.2) is 11.0 Å². The number of halogens is 2. The van der Waals surface area contributed by atoms with Crippen molar-refractivity contribution in [1.29, 1.82) is 0 Å². The molecule has 0 saturated heterocycles. The van der Waals surface area contributed by atoms with Gasteiger partial charge in [-0.15, -0.1) is 0 Å². The molecule has 0 saturated carbocycles. The molecule has 0 aliphatic heterocycles. The molecule has 1 amide bonds. The fourth-order valence-electron chi connectivity index (χ4n) is 1.59. The molecule has 2 aromatic carbocycles. The Morgan fingerprint density at radius 1 is 1.21 bits per heavy atom. The maximum Gasteiger partial charge on any atom is 0.228 e. The van der Waals surface area contributed by atoms with Gasteiger partial charge in [-0.05, 0) is 29.8 Å². The second-order valence-corrected chi connectivity index (χ2v) is 4.93. The maximum atomic E-state index is 13.4. The van der Waals surface area contributed by atoms with E-state index in [9.17, 15) is 9.18 Å². The molecule has 0 radical (unpaired) electrons. The minimum absolute atomic E-state index is 0.0555. The van der Waals surface area contributed by atoms with E-state index in [1.54, 1.807) is 0 Å². The van der Waals surface area contributed by atoms with Gasteiger partial charge >= 0.3 is 0 Å². The molecule has 0 aromatic heterocycles. The molecule has 0 atom stereocenters. The van der Waals surface area contributed by atoms with Crippen molar-refractivity contribution < 1.29 is 14.3 Å². The van der Waals surface area contributed by atoms with E-state index in [4.69, 9.17) is 5.11 Å². The van der Waals surface area contributed by atoms with Gasteiger partial charge in [0, 0.05) is 10.5 Å². The Morgan fingerprint density at radius 3 is 2.53 bits per heavy atom. The summed E-state index contributed by atoms with van der Waals surface area (Å²) in [6.07, 6.45) is 0.160. The van der Waals surface area contributed by atoms with E-state index in [1.807, 2.05) is 24.3 Å². The normalized spacial score (nSPS) is 10.2. The molecule has 0 bridgehead atoms. The fourth-order valence-corrected chi connectivity index (χ4v) is 1.85. The molecule has 3 nitrogen and oxygen atoms in total. The first kappa shape index (κ1) is 13.5. The average molecular weight is 324 g/mol. The summed E-state index contributed by atoms with van der Waals surface area (Å²) in [6, 6.07) is 10.9. The third-order valence-corrected chi connectivity index (χ3v) is 3.03. The van der Waals surface area contributed by atoms with Crippen molar-refractivity contribution >= 4 is 27.5 Å². The van der Waals surface area contributed by atoms with Crippen LogP contribution in [-0.2, 0) is 11.2 Å². The number of hydrogen-bond donors (Lipinski definition) is 2. The standard InChI is InChI=1S/C14H11BrFNO2/c15-10-3-1-9(2-4-10)7-14(19)17-13-6-5-11(18)8-12(13)16/h1-6,8,18H,7H2,(H,17,19). The summed E-state index contributed by atoms with van der Waals surface area (Å²) in [5.41, 5.74) is 0.889. The van der Waals surface area contributed by atoms with Crippen LogP contribution in [0.25, 0.3) is 0 Å². The number of phenolic OH excluding ortho intramolecular Hbond substituents is 1. The number of phenols is 1. The number of hydrogen-bond acceptors (Lipinski definition) is 2. The van der Waals surface area contributed by atoms with Crippen LogP contribution in [0.1, 0.15) is 5.56 Å². The van der Waals surface area contributed by atoms with Gasteiger partial charge in [-0.1, -0.05) is 28.1 Å². The lowest BCUT2D eigenvalue weighted by Crippen LogP contribution is -2.15. The molecule has 98 valence electrons. The summed E-state index contributed by atoms with van der Waals surface area (Å²) in [5.74, 6) is -1.15. The molecular weight excluding hydrogens is 313 g/mol. The zero-order valence-electron chi connectivity index (χ0n) is 9.86. The number of amides is 1. The SMILES string of the molecule is O=C(Cc1ccc(Br)cc1)Nc1ccc(O)cc1F. The number of rotatable bonds is 3. The van der Waals surface area contributed by atoms with E-state index in [0.717, 1.165) is 16.1 Å². The van der Waals surface area contributed by atoms with E-state index < -0.39 is 5.82 Å². The number of carbonyl (C=O) groups excluding carboxylic acids is 1. The summed E-state index contributed by atoms with van der Waals surface area (Å²) in [6.45, 7) is 0. The summed E-state index contributed by atoms with van der Waals surface area (Å²) < 4.78 is 14.4. The Bertz CT molecular complexity index is 599. The lowest BCUT2D eigenvalue weighted by molar-refractivity contribution is -0.115. The van der Waals surface area contributed by atoms with Gasteiger partial charge in [-0.3, -0.25) is 4.79 Å². The highest BCUT2D eigenvalue weighted by Gasteiger charge is 2.08. The predicted octanol–water partition coefficient (Wildman–Crippen LogP) is 3.48. The zero-order chi connectivity index (χ0) is 13.8. The number of aromatic hydroxyl groups is 1. The summed E-state index contributed by atoms with van der Waals surface area (Å²) in [7, 11) is 0. The van der Waals surface area contributed by atoms with Crippen LogP contribution >= 0.6 is 15.9 Å². The van der Waals surface area contributed by atoms with Crippen LogP contribution in [0.15, 0.2) is 46.9 Å². The van der Waals surface area contributed by atoms with Crippen molar-refractivity contribution in [3.8, 4) is 5.75 Å². The van der Waals surface area contributed by atoms with Crippen molar-refractivity contribution in [2.45, 2.75) is 6.42 Å². The Morgan fingerprint density at radius 2 is 1.89 bits per heavy atom. The molecular formula is C14H11BrFNO2. The first-order chi connectivity index (χ1) is 9.04. The second kappa shape index (κ2) is 5.84. The molecule has 0 unspecified atom stereocenters. The monoisotopic (exact) mass is 323 g/mol. The molecule has 0 aliphatic rings. The first-order valence-electron chi connectivity index (χ1n) is 5.57. The smallest absolute Gasteiger partial charge is 0.228 e. The maximum absolute atomic E-state index is 13.4. The van der Waals surface area contributed by atoms with Gasteiger partial charge < -0.3 is 10.4 Å². The van der Waals surface area contributed by atoms with Gasteiger partial charge in [0.15, 0.2) is 0 Å². The van der Waals surface area contributed by atoms with Crippen LogP contribution < -0.4 is 5.32 Å². The van der Waals surface area contributed by atoms with Crippen molar-refractivity contribution in [3.63, 3.8) is 0 Å². The van der Waals surface area contributed by atoms with Crippen LogP contribution in [0.3, 0.4) is 0 Å². The molecule has 2 N–H and O–H groups in total. The minimum atomic E-state index is -0.663. The van der Waals surface area contributed by atoms with Gasteiger partial charge in [0.25, 0.3) is 0 Å². The predicted molar refractivity (Wildman–Crippen MR) is 74.5 cm³/mol. The molecule has 0 spiro atoms. The lowest BCUT2D eigenvalue weighted by atomic mass is 10.1. The van der Waals surface area contributed by atoms with Gasteiger partial charge in [-0.2, -0.15) is 0 Å². The van der Waals surface area contributed by atoms with E-state index in [1.165, 1.54) is 12.1 Å². The Kier molecular flexibility index (Phi) is 4.16. The van der Waals surface area contributed by atoms with E-state index in [0.29, 0.717) is 0 Å². The molecule has 5 heteroatoms. The molecule has 0 fully saturated rings. The average Bonchev–Trinajstić information content (AvgIpc) is 2.36. The first-order valence-corrected chi connectivity index (χ1v) is 6.37. The van der Waals surface area contributed by atoms with E-state index in [2.05, 4.69) is 21.2 Å². The summed E-state index contributed by atoms with van der Waals surface area (Å²) in [5, 5.41) is 11.5. The highest BCUT2D eigenvalue weighted by atomic mass is 79.9. The lowest BCUT2D eigenvalue weighted by Gasteiger charge is -2.07. The molecule has 2 rings (SSSR count). The van der Waals surface area contributed by atoms with Gasteiger partial charge in [0.1, 0.15) is 11.6 Å². The molecule has 19 heavy (non-hydrogen) atoms. The van der Waals surface area contributed by atoms with Crippen LogP contribution in [0.2, 0.25) is 0 Å². The van der Waals surface area contributed by atoms with Crippen LogP contribution in [0, 0.1) is 5.82 Å².